The minimum Gasteiger partial charge on any atom is -0.496 e. The van der Waals surface area contributed by atoms with Crippen LogP contribution in [0.5, 0.6) is 11.5 Å². The molecule has 0 N–H and O–H groups in total. The lowest BCUT2D eigenvalue weighted by atomic mass is 10.1. The van der Waals surface area contributed by atoms with E-state index in [4.69, 9.17) is 9.47 Å². The minimum absolute atomic E-state index is 0.0505. The second-order valence-corrected chi connectivity index (χ2v) is 6.60. The molecule has 0 fully saturated rings. The highest BCUT2D eigenvalue weighted by molar-refractivity contribution is 9.10. The third kappa shape index (κ3) is 2.66. The van der Waals surface area contributed by atoms with Gasteiger partial charge in [0.25, 0.3) is 0 Å². The fourth-order valence-electron chi connectivity index (χ4n) is 2.27. The average Bonchev–Trinajstić information content (AvgIpc) is 2.84. The van der Waals surface area contributed by atoms with E-state index in [0.29, 0.717) is 16.4 Å². The predicted molar refractivity (Wildman–Crippen MR) is 91.9 cm³/mol. The Bertz CT molecular complexity index is 783. The monoisotopic (exact) mass is 376 g/mol. The van der Waals surface area contributed by atoms with Gasteiger partial charge >= 0.3 is 0 Å². The standard InChI is InChI=1S/C17H13BrO3S/c1-20-13-9-14(21-2)12(18)7-10(13)8-16-17(19)11-5-3-4-6-15(11)22-16/h3-9H,1-2H3. The number of thioether (sulfide) groups is 1. The van der Waals surface area contributed by atoms with Crippen molar-refractivity contribution in [1.82, 2.24) is 0 Å². The predicted octanol–water partition coefficient (Wildman–Crippen LogP) is 4.80. The molecule has 0 saturated heterocycles. The van der Waals surface area contributed by atoms with Crippen molar-refractivity contribution in [3.05, 3.63) is 56.9 Å². The van der Waals surface area contributed by atoms with Gasteiger partial charge in [0.15, 0.2) is 0 Å². The van der Waals surface area contributed by atoms with Gasteiger partial charge in [-0.25, -0.2) is 0 Å². The molecule has 2 aromatic rings. The lowest BCUT2D eigenvalue weighted by Crippen LogP contribution is -1.95. The van der Waals surface area contributed by atoms with Gasteiger partial charge < -0.3 is 9.47 Å². The molecule has 3 nitrogen and oxygen atoms in total. The zero-order valence-corrected chi connectivity index (χ0v) is 14.5. The molecule has 0 radical (unpaired) electrons. The Labute approximate surface area is 141 Å². The zero-order chi connectivity index (χ0) is 15.7. The van der Waals surface area contributed by atoms with Crippen LogP contribution in [0.25, 0.3) is 6.08 Å². The van der Waals surface area contributed by atoms with E-state index in [0.717, 1.165) is 20.5 Å². The van der Waals surface area contributed by atoms with Crippen LogP contribution in [0.15, 0.2) is 50.7 Å². The summed E-state index contributed by atoms with van der Waals surface area (Å²) in [7, 11) is 3.20. The van der Waals surface area contributed by atoms with Gasteiger partial charge in [-0.05, 0) is 40.2 Å². The third-order valence-corrected chi connectivity index (χ3v) is 5.08. The quantitative estimate of drug-likeness (QED) is 0.721. The van der Waals surface area contributed by atoms with Crippen molar-refractivity contribution in [3.63, 3.8) is 0 Å². The number of Topliss-reactive ketones (excluding diaryl/α,β-unsaturated/α-hetero) is 1. The summed E-state index contributed by atoms with van der Waals surface area (Å²) < 4.78 is 11.5. The van der Waals surface area contributed by atoms with Gasteiger partial charge in [0.2, 0.25) is 5.78 Å². The fraction of sp³-hybridized carbons (Fsp3) is 0.118. The maximum absolute atomic E-state index is 12.4. The summed E-state index contributed by atoms with van der Waals surface area (Å²) in [5.41, 5.74) is 1.59. The van der Waals surface area contributed by atoms with Gasteiger partial charge in [-0.3, -0.25) is 4.79 Å². The number of hydrogen-bond donors (Lipinski definition) is 0. The molecule has 1 aliphatic rings. The number of carbonyl (C=O) groups excluding carboxylic acids is 1. The summed E-state index contributed by atoms with van der Waals surface area (Å²) in [6.07, 6.45) is 1.86. The smallest absolute Gasteiger partial charge is 0.200 e. The van der Waals surface area contributed by atoms with Crippen molar-refractivity contribution in [2.75, 3.05) is 14.2 Å². The average molecular weight is 377 g/mol. The van der Waals surface area contributed by atoms with Crippen LogP contribution in [0.2, 0.25) is 0 Å². The summed E-state index contributed by atoms with van der Waals surface area (Å²) >= 11 is 4.95. The number of fused-ring (bicyclic) bond motifs is 1. The first-order valence-electron chi connectivity index (χ1n) is 6.59. The molecule has 2 aromatic carbocycles. The highest BCUT2D eigenvalue weighted by atomic mass is 79.9. The summed E-state index contributed by atoms with van der Waals surface area (Å²) in [6, 6.07) is 11.3. The SMILES string of the molecule is COc1cc(OC)c(C=C2Sc3ccccc3C2=O)cc1Br. The van der Waals surface area contributed by atoms with Crippen molar-refractivity contribution >= 4 is 39.6 Å². The first-order chi connectivity index (χ1) is 10.6. The second-order valence-electron chi connectivity index (χ2n) is 4.66. The molecule has 5 heteroatoms. The summed E-state index contributed by atoms with van der Waals surface area (Å²) in [4.78, 5) is 14.1. The molecular weight excluding hydrogens is 364 g/mol. The summed E-state index contributed by atoms with van der Waals surface area (Å²) in [5, 5.41) is 0. The normalized spacial score (nSPS) is 15.0. The van der Waals surface area contributed by atoms with E-state index in [1.807, 2.05) is 36.4 Å². The Morgan fingerprint density at radius 3 is 2.50 bits per heavy atom. The highest BCUT2D eigenvalue weighted by Gasteiger charge is 2.25. The molecule has 112 valence electrons. The number of hydrogen-bond acceptors (Lipinski definition) is 4. The van der Waals surface area contributed by atoms with Crippen LogP contribution in [-0.4, -0.2) is 20.0 Å². The van der Waals surface area contributed by atoms with Crippen molar-refractivity contribution in [3.8, 4) is 11.5 Å². The number of methoxy groups -OCH3 is 2. The third-order valence-electron chi connectivity index (χ3n) is 3.37. The van der Waals surface area contributed by atoms with Crippen LogP contribution >= 0.6 is 27.7 Å². The second kappa shape index (κ2) is 6.18. The van der Waals surface area contributed by atoms with Crippen molar-refractivity contribution < 1.29 is 14.3 Å². The lowest BCUT2D eigenvalue weighted by Gasteiger charge is -2.10. The molecule has 3 rings (SSSR count). The van der Waals surface area contributed by atoms with Crippen LogP contribution in [0.4, 0.5) is 0 Å². The molecule has 0 spiro atoms. The van der Waals surface area contributed by atoms with Gasteiger partial charge in [-0.2, -0.15) is 0 Å². The molecular formula is C17H13BrO3S. The van der Waals surface area contributed by atoms with E-state index < -0.39 is 0 Å². The molecule has 1 heterocycles. The van der Waals surface area contributed by atoms with Crippen molar-refractivity contribution in [2.45, 2.75) is 4.90 Å². The Morgan fingerprint density at radius 1 is 1.09 bits per heavy atom. The first-order valence-corrected chi connectivity index (χ1v) is 8.19. The van der Waals surface area contributed by atoms with Crippen LogP contribution in [-0.2, 0) is 0 Å². The highest BCUT2D eigenvalue weighted by Crippen LogP contribution is 2.42. The van der Waals surface area contributed by atoms with Crippen molar-refractivity contribution in [1.29, 1.82) is 0 Å². The Hall–Kier alpha value is -1.72. The fourth-order valence-corrected chi connectivity index (χ4v) is 3.84. The van der Waals surface area contributed by atoms with E-state index in [2.05, 4.69) is 15.9 Å². The topological polar surface area (TPSA) is 35.5 Å². The molecule has 0 saturated carbocycles. The van der Waals surface area contributed by atoms with Crippen molar-refractivity contribution in [2.24, 2.45) is 0 Å². The van der Waals surface area contributed by atoms with Gasteiger partial charge in [0.05, 0.1) is 23.6 Å². The van der Waals surface area contributed by atoms with Crippen LogP contribution in [0.3, 0.4) is 0 Å². The van der Waals surface area contributed by atoms with Gasteiger partial charge in [0, 0.05) is 22.1 Å². The number of halogens is 1. The number of carbonyl (C=O) groups is 1. The number of benzene rings is 2. The van der Waals surface area contributed by atoms with E-state index >= 15 is 0 Å². The van der Waals surface area contributed by atoms with E-state index in [9.17, 15) is 4.79 Å². The first kappa shape index (κ1) is 15.2. The molecule has 0 bridgehead atoms. The summed E-state index contributed by atoms with van der Waals surface area (Å²) in [5.74, 6) is 1.40. The van der Waals surface area contributed by atoms with E-state index in [1.54, 1.807) is 20.3 Å². The Balaban J connectivity index is 2.04. The summed E-state index contributed by atoms with van der Waals surface area (Å²) in [6.45, 7) is 0. The van der Waals surface area contributed by atoms with Gasteiger partial charge in [0.1, 0.15) is 11.5 Å². The van der Waals surface area contributed by atoms with E-state index in [1.165, 1.54) is 11.8 Å². The molecule has 0 aliphatic carbocycles. The lowest BCUT2D eigenvalue weighted by molar-refractivity contribution is 0.104. The van der Waals surface area contributed by atoms with Crippen LogP contribution in [0, 0.1) is 0 Å². The largest absolute Gasteiger partial charge is 0.496 e. The van der Waals surface area contributed by atoms with Crippen LogP contribution < -0.4 is 9.47 Å². The maximum atomic E-state index is 12.4. The Morgan fingerprint density at radius 2 is 1.82 bits per heavy atom. The Kier molecular flexibility index (Phi) is 4.27. The number of ether oxygens (including phenoxy) is 2. The number of allylic oxidation sites excluding steroid dienone is 1. The molecule has 0 amide bonds. The number of rotatable bonds is 3. The van der Waals surface area contributed by atoms with Crippen LogP contribution in [0.1, 0.15) is 15.9 Å². The minimum atomic E-state index is 0.0505. The van der Waals surface area contributed by atoms with E-state index in [-0.39, 0.29) is 5.78 Å². The number of ketones is 1. The maximum Gasteiger partial charge on any atom is 0.200 e. The molecule has 0 aromatic heterocycles. The molecule has 0 atom stereocenters. The van der Waals surface area contributed by atoms with Gasteiger partial charge in [-0.1, -0.05) is 23.9 Å². The molecule has 22 heavy (non-hydrogen) atoms. The zero-order valence-electron chi connectivity index (χ0n) is 12.1. The molecule has 1 aliphatic heterocycles. The van der Waals surface area contributed by atoms with Gasteiger partial charge in [-0.15, -0.1) is 0 Å². The molecule has 0 unspecified atom stereocenters.